The van der Waals surface area contributed by atoms with Crippen molar-refractivity contribution in [2.45, 2.75) is 11.3 Å². The number of nitrogens with one attached hydrogen (secondary N) is 1. The zero-order chi connectivity index (χ0) is 14.9. The van der Waals surface area contributed by atoms with Gasteiger partial charge in [0, 0.05) is 11.1 Å². The lowest BCUT2D eigenvalue weighted by Crippen LogP contribution is -2.12. The highest BCUT2D eigenvalue weighted by Crippen LogP contribution is 2.35. The van der Waals surface area contributed by atoms with Crippen molar-refractivity contribution < 1.29 is 18.3 Å². The first kappa shape index (κ1) is 15.5. The van der Waals surface area contributed by atoms with Crippen LogP contribution in [-0.2, 0) is 21.2 Å². The topological polar surface area (TPSA) is 96.4 Å². The highest BCUT2D eigenvalue weighted by molar-refractivity contribution is 7.93. The molecule has 0 aromatic carbocycles. The number of hydrogen-bond acceptors (Lipinski definition) is 6. The normalized spacial score (nSPS) is 11.5. The van der Waals surface area contributed by atoms with Crippen LogP contribution in [-0.4, -0.2) is 24.5 Å². The molecule has 20 heavy (non-hydrogen) atoms. The Bertz CT molecular complexity index is 753. The van der Waals surface area contributed by atoms with Crippen LogP contribution in [0.4, 0.5) is 5.13 Å². The Labute approximate surface area is 132 Å². The second-order valence-corrected chi connectivity index (χ2v) is 8.55. The molecule has 108 valence electrons. The van der Waals surface area contributed by atoms with Gasteiger partial charge in [-0.3, -0.25) is 9.52 Å². The molecule has 0 atom stereocenters. The number of aromatic nitrogens is 1. The van der Waals surface area contributed by atoms with Crippen molar-refractivity contribution in [3.05, 3.63) is 25.8 Å². The predicted molar refractivity (Wildman–Crippen MR) is 78.6 cm³/mol. The summed E-state index contributed by atoms with van der Waals surface area (Å²) in [4.78, 5) is 14.7. The standard InChI is InChI=1S/C9H6Cl2N2O4S3/c10-6-2-5(8(11)19-6)20(16,17)13-9-12-3-4(18-9)1-7(14)15/h2-3H,1H2,(H,12,13)(H,14,15). The summed E-state index contributed by atoms with van der Waals surface area (Å²) in [6.45, 7) is 0. The van der Waals surface area contributed by atoms with Gasteiger partial charge in [0.05, 0.1) is 10.8 Å². The number of rotatable bonds is 5. The molecule has 0 aliphatic rings. The molecule has 2 N–H and O–H groups in total. The smallest absolute Gasteiger partial charge is 0.308 e. The Kier molecular flexibility index (Phi) is 4.55. The van der Waals surface area contributed by atoms with E-state index in [1.54, 1.807) is 0 Å². The van der Waals surface area contributed by atoms with E-state index in [1.165, 1.54) is 12.3 Å². The number of halogens is 2. The van der Waals surface area contributed by atoms with Crippen molar-refractivity contribution in [2.24, 2.45) is 0 Å². The van der Waals surface area contributed by atoms with E-state index in [0.29, 0.717) is 4.88 Å². The number of sulfonamides is 1. The van der Waals surface area contributed by atoms with Crippen LogP contribution in [0.3, 0.4) is 0 Å². The fourth-order valence-electron chi connectivity index (χ4n) is 1.26. The maximum Gasteiger partial charge on any atom is 0.308 e. The molecule has 0 unspecified atom stereocenters. The molecule has 0 aliphatic carbocycles. The molecule has 2 aromatic heterocycles. The second kappa shape index (κ2) is 5.86. The summed E-state index contributed by atoms with van der Waals surface area (Å²) in [5, 5.41) is 8.70. The van der Waals surface area contributed by atoms with Gasteiger partial charge in [-0.15, -0.1) is 22.7 Å². The van der Waals surface area contributed by atoms with E-state index in [-0.39, 0.29) is 25.1 Å². The molecule has 0 aliphatic heterocycles. The lowest BCUT2D eigenvalue weighted by atomic mass is 10.4. The van der Waals surface area contributed by atoms with Crippen LogP contribution >= 0.6 is 45.9 Å². The third-order valence-corrected chi connectivity index (χ3v) is 6.15. The number of hydrogen-bond donors (Lipinski definition) is 2. The Balaban J connectivity index is 2.22. The van der Waals surface area contributed by atoms with Gasteiger partial charge in [-0.25, -0.2) is 13.4 Å². The summed E-state index contributed by atoms with van der Waals surface area (Å²) in [6.07, 6.45) is 1.09. The van der Waals surface area contributed by atoms with Crippen molar-refractivity contribution in [3.63, 3.8) is 0 Å². The zero-order valence-electron chi connectivity index (χ0n) is 9.46. The van der Waals surface area contributed by atoms with Crippen molar-refractivity contribution in [3.8, 4) is 0 Å². The van der Waals surface area contributed by atoms with Crippen LogP contribution in [0.2, 0.25) is 8.67 Å². The Morgan fingerprint density at radius 3 is 2.65 bits per heavy atom. The molecule has 0 saturated heterocycles. The Morgan fingerprint density at radius 2 is 2.10 bits per heavy atom. The summed E-state index contributed by atoms with van der Waals surface area (Å²) < 4.78 is 26.7. The number of nitrogens with zero attached hydrogens (tertiary/aromatic N) is 1. The van der Waals surface area contributed by atoms with Gasteiger partial charge in [0.25, 0.3) is 10.0 Å². The van der Waals surface area contributed by atoms with E-state index in [9.17, 15) is 13.2 Å². The molecule has 0 saturated carbocycles. The van der Waals surface area contributed by atoms with Crippen molar-refractivity contribution in [2.75, 3.05) is 4.72 Å². The van der Waals surface area contributed by atoms with Crippen LogP contribution in [0.15, 0.2) is 17.2 Å². The van der Waals surface area contributed by atoms with Gasteiger partial charge in [-0.05, 0) is 6.07 Å². The third kappa shape index (κ3) is 3.61. The lowest BCUT2D eigenvalue weighted by Gasteiger charge is -2.02. The maximum atomic E-state index is 12.1. The van der Waals surface area contributed by atoms with Crippen LogP contribution in [0, 0.1) is 0 Å². The number of thiazole rings is 1. The summed E-state index contributed by atoms with van der Waals surface area (Å²) >= 11 is 13.4. The maximum absolute atomic E-state index is 12.1. The SMILES string of the molecule is O=C(O)Cc1cnc(NS(=O)(=O)c2cc(Cl)sc2Cl)s1. The molecule has 0 radical (unpaired) electrons. The van der Waals surface area contributed by atoms with Gasteiger partial charge in [-0.2, -0.15) is 0 Å². The molecule has 2 heterocycles. The van der Waals surface area contributed by atoms with Crippen molar-refractivity contribution in [1.29, 1.82) is 0 Å². The molecule has 11 heteroatoms. The molecular weight excluding hydrogens is 367 g/mol. The van der Waals surface area contributed by atoms with Crippen molar-refractivity contribution in [1.82, 2.24) is 4.98 Å². The van der Waals surface area contributed by atoms with E-state index in [0.717, 1.165) is 22.7 Å². The van der Waals surface area contributed by atoms with Gasteiger partial charge in [0.15, 0.2) is 5.13 Å². The summed E-state index contributed by atoms with van der Waals surface area (Å²) in [5.41, 5.74) is 0. The van der Waals surface area contributed by atoms with E-state index in [4.69, 9.17) is 28.3 Å². The van der Waals surface area contributed by atoms with Gasteiger partial charge in [0.1, 0.15) is 9.23 Å². The molecule has 0 bridgehead atoms. The van der Waals surface area contributed by atoms with E-state index in [1.807, 2.05) is 0 Å². The number of thiophene rings is 1. The minimum atomic E-state index is -3.89. The number of carbonyl (C=O) groups is 1. The molecule has 2 rings (SSSR count). The number of carboxylic acid groups (broad SMARTS) is 1. The van der Waals surface area contributed by atoms with E-state index >= 15 is 0 Å². The average molecular weight is 373 g/mol. The fraction of sp³-hybridized carbons (Fsp3) is 0.111. The lowest BCUT2D eigenvalue weighted by molar-refractivity contribution is -0.136. The molecule has 0 spiro atoms. The minimum Gasteiger partial charge on any atom is -0.481 e. The number of aliphatic carboxylic acids is 1. The van der Waals surface area contributed by atoms with Gasteiger partial charge in [0.2, 0.25) is 0 Å². The molecular formula is C9H6Cl2N2O4S3. The quantitative estimate of drug-likeness (QED) is 0.840. The highest BCUT2D eigenvalue weighted by Gasteiger charge is 2.22. The fourth-order valence-corrected chi connectivity index (χ4v) is 5.46. The van der Waals surface area contributed by atoms with E-state index < -0.39 is 16.0 Å². The van der Waals surface area contributed by atoms with Gasteiger partial charge in [-0.1, -0.05) is 23.2 Å². The largest absolute Gasteiger partial charge is 0.481 e. The van der Waals surface area contributed by atoms with Crippen molar-refractivity contribution >= 4 is 67.0 Å². The van der Waals surface area contributed by atoms with Crippen LogP contribution in [0.25, 0.3) is 0 Å². The zero-order valence-corrected chi connectivity index (χ0v) is 13.4. The second-order valence-electron chi connectivity index (χ2n) is 3.50. The monoisotopic (exact) mass is 372 g/mol. The number of carboxylic acids is 1. The third-order valence-electron chi connectivity index (χ3n) is 2.02. The summed E-state index contributed by atoms with van der Waals surface area (Å²) in [5.74, 6) is -1.02. The first-order chi connectivity index (χ1) is 9.28. The van der Waals surface area contributed by atoms with Crippen LogP contribution in [0.1, 0.15) is 4.88 Å². The summed E-state index contributed by atoms with van der Waals surface area (Å²) in [6, 6.07) is 1.24. The molecule has 0 amide bonds. The minimum absolute atomic E-state index is 0.0461. The van der Waals surface area contributed by atoms with Gasteiger partial charge >= 0.3 is 5.97 Å². The predicted octanol–water partition coefficient (Wildman–Crippen LogP) is 2.94. The first-order valence-corrected chi connectivity index (χ1v) is 8.79. The Hall–Kier alpha value is -0.870. The first-order valence-electron chi connectivity index (χ1n) is 4.92. The molecule has 0 fully saturated rings. The molecule has 6 nitrogen and oxygen atoms in total. The number of anilines is 1. The highest BCUT2D eigenvalue weighted by atomic mass is 35.5. The van der Waals surface area contributed by atoms with Crippen LogP contribution < -0.4 is 4.72 Å². The summed E-state index contributed by atoms with van der Waals surface area (Å²) in [7, 11) is -3.89. The Morgan fingerprint density at radius 1 is 1.40 bits per heavy atom. The average Bonchev–Trinajstić information content (AvgIpc) is 2.84. The molecule has 2 aromatic rings. The van der Waals surface area contributed by atoms with Gasteiger partial charge < -0.3 is 5.11 Å². The van der Waals surface area contributed by atoms with Crippen LogP contribution in [0.5, 0.6) is 0 Å². The van der Waals surface area contributed by atoms with E-state index in [2.05, 4.69) is 9.71 Å².